The number of nitrogens with zero attached hydrogens (tertiary/aromatic N) is 2. The maximum Gasteiger partial charge on any atom is 0.335 e. The van der Waals surface area contributed by atoms with Gasteiger partial charge in [0.2, 0.25) is 0 Å². The Morgan fingerprint density at radius 3 is 2.71 bits per heavy atom. The van der Waals surface area contributed by atoms with Crippen molar-refractivity contribution in [3.63, 3.8) is 0 Å². The minimum absolute atomic E-state index is 0.0894. The Balaban J connectivity index is 2.35. The molecule has 0 aliphatic heterocycles. The van der Waals surface area contributed by atoms with Crippen molar-refractivity contribution in [2.75, 3.05) is 4.72 Å². The first-order valence-corrected chi connectivity index (χ1v) is 7.13. The third-order valence-electron chi connectivity index (χ3n) is 2.52. The van der Waals surface area contributed by atoms with Crippen LogP contribution in [0, 0.1) is 11.3 Å². The van der Waals surface area contributed by atoms with Crippen LogP contribution in [0.25, 0.3) is 0 Å². The van der Waals surface area contributed by atoms with Crippen LogP contribution in [0.3, 0.4) is 0 Å². The molecule has 0 saturated heterocycles. The Bertz CT molecular complexity index is 840. The molecule has 21 heavy (non-hydrogen) atoms. The summed E-state index contributed by atoms with van der Waals surface area (Å²) in [6.45, 7) is 0. The fourth-order valence-electron chi connectivity index (χ4n) is 1.55. The molecule has 0 atom stereocenters. The summed E-state index contributed by atoms with van der Waals surface area (Å²) in [7, 11) is -3.94. The van der Waals surface area contributed by atoms with Gasteiger partial charge in [-0.3, -0.25) is 4.72 Å². The van der Waals surface area contributed by atoms with E-state index in [2.05, 4.69) is 9.71 Å². The van der Waals surface area contributed by atoms with Crippen LogP contribution in [-0.2, 0) is 10.0 Å². The molecule has 1 aromatic heterocycles. The Morgan fingerprint density at radius 1 is 1.29 bits per heavy atom. The highest BCUT2D eigenvalue weighted by Crippen LogP contribution is 2.16. The lowest BCUT2D eigenvalue weighted by Crippen LogP contribution is -2.14. The maximum atomic E-state index is 12.1. The number of nitriles is 1. The smallest absolute Gasteiger partial charge is 0.335 e. The van der Waals surface area contributed by atoms with Crippen LogP contribution in [0.1, 0.15) is 15.9 Å². The lowest BCUT2D eigenvalue weighted by atomic mass is 10.2. The fourth-order valence-corrected chi connectivity index (χ4v) is 2.59. The highest BCUT2D eigenvalue weighted by Gasteiger charge is 2.16. The number of aromatic carboxylic acids is 1. The summed E-state index contributed by atoms with van der Waals surface area (Å²) in [6, 6.07) is 9.64. The zero-order valence-corrected chi connectivity index (χ0v) is 11.3. The molecule has 2 aromatic rings. The largest absolute Gasteiger partial charge is 0.478 e. The number of nitrogens with one attached hydrogen (secondary N) is 1. The molecule has 0 saturated carbocycles. The molecule has 0 unspecified atom stereocenters. The maximum absolute atomic E-state index is 12.1. The molecule has 0 radical (unpaired) electrons. The van der Waals surface area contributed by atoms with Crippen molar-refractivity contribution in [1.82, 2.24) is 4.98 Å². The summed E-state index contributed by atoms with van der Waals surface area (Å²) >= 11 is 0. The summed E-state index contributed by atoms with van der Waals surface area (Å²) in [4.78, 5) is 14.5. The number of hydrogen-bond donors (Lipinski definition) is 2. The molecule has 1 aromatic carbocycles. The van der Waals surface area contributed by atoms with E-state index < -0.39 is 16.0 Å². The van der Waals surface area contributed by atoms with Gasteiger partial charge in [-0.2, -0.15) is 5.26 Å². The Morgan fingerprint density at radius 2 is 2.05 bits per heavy atom. The van der Waals surface area contributed by atoms with Crippen molar-refractivity contribution in [1.29, 1.82) is 5.26 Å². The zero-order valence-electron chi connectivity index (χ0n) is 10.5. The quantitative estimate of drug-likeness (QED) is 0.882. The third-order valence-corrected chi connectivity index (χ3v) is 3.87. The molecule has 8 heteroatoms. The number of carbonyl (C=O) groups is 1. The van der Waals surface area contributed by atoms with Gasteiger partial charge in [-0.1, -0.05) is 6.07 Å². The van der Waals surface area contributed by atoms with E-state index in [1.807, 2.05) is 6.07 Å². The number of sulfonamides is 1. The standard InChI is InChI=1S/C13H9N3O4S/c14-8-9-2-1-3-11(6-9)21(19,20)16-12-7-10(13(17)18)4-5-15-12/h1-7H,(H,15,16)(H,17,18). The second-order valence-electron chi connectivity index (χ2n) is 3.98. The van der Waals surface area contributed by atoms with Gasteiger partial charge in [0.25, 0.3) is 10.0 Å². The monoisotopic (exact) mass is 303 g/mol. The number of carboxylic acids is 1. The van der Waals surface area contributed by atoms with Gasteiger partial charge >= 0.3 is 5.97 Å². The molecular formula is C13H9N3O4S. The fraction of sp³-hybridized carbons (Fsp3) is 0. The van der Waals surface area contributed by atoms with Gasteiger partial charge in [0.1, 0.15) is 5.82 Å². The number of aromatic nitrogens is 1. The van der Waals surface area contributed by atoms with Crippen LogP contribution in [0.5, 0.6) is 0 Å². The number of rotatable bonds is 4. The molecule has 106 valence electrons. The van der Waals surface area contributed by atoms with Gasteiger partial charge in [0.15, 0.2) is 0 Å². The summed E-state index contributed by atoms with van der Waals surface area (Å²) in [5.41, 5.74) is 0.110. The summed E-state index contributed by atoms with van der Waals surface area (Å²) < 4.78 is 26.5. The number of pyridine rings is 1. The van der Waals surface area contributed by atoms with E-state index in [1.54, 1.807) is 0 Å². The van der Waals surface area contributed by atoms with Crippen LogP contribution < -0.4 is 4.72 Å². The van der Waals surface area contributed by atoms with E-state index in [-0.39, 0.29) is 21.8 Å². The predicted molar refractivity (Wildman–Crippen MR) is 73.2 cm³/mol. The van der Waals surface area contributed by atoms with E-state index in [0.29, 0.717) is 0 Å². The average molecular weight is 303 g/mol. The molecule has 2 rings (SSSR count). The Hall–Kier alpha value is -2.92. The first kappa shape index (κ1) is 14.5. The number of benzene rings is 1. The van der Waals surface area contributed by atoms with E-state index in [0.717, 1.165) is 6.07 Å². The van der Waals surface area contributed by atoms with Crippen molar-refractivity contribution < 1.29 is 18.3 Å². The normalized spacial score (nSPS) is 10.6. The van der Waals surface area contributed by atoms with Crippen LogP contribution in [0.4, 0.5) is 5.82 Å². The molecule has 0 spiro atoms. The topological polar surface area (TPSA) is 120 Å². The van der Waals surface area contributed by atoms with Crippen molar-refractivity contribution in [2.45, 2.75) is 4.90 Å². The molecular weight excluding hydrogens is 294 g/mol. The molecule has 0 aliphatic rings. The lowest BCUT2D eigenvalue weighted by Gasteiger charge is -2.07. The Kier molecular flexibility index (Phi) is 3.86. The summed E-state index contributed by atoms with van der Waals surface area (Å²) in [6.07, 6.45) is 1.19. The van der Waals surface area contributed by atoms with Crippen molar-refractivity contribution >= 4 is 21.8 Å². The SMILES string of the molecule is N#Cc1cccc(S(=O)(=O)Nc2cc(C(=O)O)ccn2)c1. The van der Waals surface area contributed by atoms with Crippen LogP contribution in [0.15, 0.2) is 47.5 Å². The minimum Gasteiger partial charge on any atom is -0.478 e. The van der Waals surface area contributed by atoms with Gasteiger partial charge < -0.3 is 5.11 Å². The molecule has 0 aliphatic carbocycles. The molecule has 0 amide bonds. The number of anilines is 1. The Labute approximate surface area is 120 Å². The van der Waals surface area contributed by atoms with E-state index in [9.17, 15) is 13.2 Å². The summed E-state index contributed by atoms with van der Waals surface area (Å²) in [5, 5.41) is 17.6. The van der Waals surface area contributed by atoms with Gasteiger partial charge in [-0.15, -0.1) is 0 Å². The lowest BCUT2D eigenvalue weighted by molar-refractivity contribution is 0.0697. The zero-order chi connectivity index (χ0) is 15.5. The van der Waals surface area contributed by atoms with Crippen LogP contribution >= 0.6 is 0 Å². The first-order chi connectivity index (χ1) is 9.92. The van der Waals surface area contributed by atoms with Crippen molar-refractivity contribution in [3.05, 3.63) is 53.7 Å². The number of hydrogen-bond acceptors (Lipinski definition) is 5. The number of carboxylic acid groups (broad SMARTS) is 1. The summed E-state index contributed by atoms with van der Waals surface area (Å²) in [5.74, 6) is -1.30. The van der Waals surface area contributed by atoms with E-state index in [1.165, 1.54) is 36.5 Å². The van der Waals surface area contributed by atoms with Crippen LogP contribution in [0.2, 0.25) is 0 Å². The highest BCUT2D eigenvalue weighted by atomic mass is 32.2. The van der Waals surface area contributed by atoms with Gasteiger partial charge in [0, 0.05) is 6.20 Å². The van der Waals surface area contributed by atoms with Crippen LogP contribution in [-0.4, -0.2) is 24.5 Å². The predicted octanol–water partition coefficient (Wildman–Crippen LogP) is 1.45. The molecule has 2 N–H and O–H groups in total. The first-order valence-electron chi connectivity index (χ1n) is 5.65. The van der Waals surface area contributed by atoms with Gasteiger partial charge in [0.05, 0.1) is 22.1 Å². The second-order valence-corrected chi connectivity index (χ2v) is 5.66. The average Bonchev–Trinajstić information content (AvgIpc) is 2.47. The third kappa shape index (κ3) is 3.34. The molecule has 1 heterocycles. The second kappa shape index (κ2) is 5.60. The van der Waals surface area contributed by atoms with Crippen molar-refractivity contribution in [2.24, 2.45) is 0 Å². The highest BCUT2D eigenvalue weighted by molar-refractivity contribution is 7.92. The van der Waals surface area contributed by atoms with Gasteiger partial charge in [-0.25, -0.2) is 18.2 Å². The van der Waals surface area contributed by atoms with E-state index >= 15 is 0 Å². The van der Waals surface area contributed by atoms with E-state index in [4.69, 9.17) is 10.4 Å². The molecule has 0 bridgehead atoms. The van der Waals surface area contributed by atoms with Crippen molar-refractivity contribution in [3.8, 4) is 6.07 Å². The minimum atomic E-state index is -3.94. The molecule has 0 fully saturated rings. The van der Waals surface area contributed by atoms with Gasteiger partial charge in [-0.05, 0) is 30.3 Å². The molecule has 7 nitrogen and oxygen atoms in total.